The van der Waals surface area contributed by atoms with Crippen LogP contribution < -0.4 is 0 Å². The Morgan fingerprint density at radius 3 is 2.36 bits per heavy atom. The maximum Gasteiger partial charge on any atom is -0.0206 e. The normalized spacial score (nSPS) is 14.8. The van der Waals surface area contributed by atoms with E-state index in [1.165, 1.54) is 24.8 Å². The van der Waals surface area contributed by atoms with E-state index in [1.807, 2.05) is 6.08 Å². The molecule has 2 atom stereocenters. The molecule has 0 aliphatic heterocycles. The summed E-state index contributed by atoms with van der Waals surface area (Å²) in [6.45, 7) is 16.2. The van der Waals surface area contributed by atoms with Crippen molar-refractivity contribution < 1.29 is 0 Å². The van der Waals surface area contributed by atoms with Crippen LogP contribution in [0.1, 0.15) is 46.0 Å². The van der Waals surface area contributed by atoms with Gasteiger partial charge in [0, 0.05) is 0 Å². The predicted octanol–water partition coefficient (Wildman–Crippen LogP) is 4.79. The highest BCUT2D eigenvalue weighted by Gasteiger charge is 2.10. The molecule has 0 N–H and O–H groups in total. The average molecular weight is 193 g/mol. The van der Waals surface area contributed by atoms with Gasteiger partial charge in [0.2, 0.25) is 0 Å². The van der Waals surface area contributed by atoms with Crippen LogP contribution in [0.15, 0.2) is 24.8 Å². The van der Waals surface area contributed by atoms with E-state index in [-0.39, 0.29) is 0 Å². The van der Waals surface area contributed by atoms with Gasteiger partial charge in [-0.2, -0.15) is 0 Å². The van der Waals surface area contributed by atoms with Gasteiger partial charge in [-0.3, -0.25) is 0 Å². The van der Waals surface area contributed by atoms with E-state index < -0.39 is 0 Å². The van der Waals surface area contributed by atoms with Crippen molar-refractivity contribution in [1.29, 1.82) is 0 Å². The highest BCUT2D eigenvalue weighted by molar-refractivity contribution is 4.96. The second kappa shape index (κ2) is 7.84. The van der Waals surface area contributed by atoms with E-state index in [0.29, 0.717) is 5.92 Å². The van der Waals surface area contributed by atoms with Crippen molar-refractivity contribution >= 4 is 0 Å². The van der Waals surface area contributed by atoms with Crippen LogP contribution in [0, 0.1) is 18.8 Å². The molecule has 0 heterocycles. The summed E-state index contributed by atoms with van der Waals surface area (Å²) >= 11 is 0. The zero-order valence-electron chi connectivity index (χ0n) is 9.89. The first-order chi connectivity index (χ1) is 6.61. The standard InChI is InChI=1S/C14H25/c1-6-8-9-14(12(3)4)11-10-13(5)7-2/h6,13-14H,1-3,7-11H2,4-5H3/t13-,14+/m0/s1. The van der Waals surface area contributed by atoms with Crippen molar-refractivity contribution in [2.24, 2.45) is 11.8 Å². The van der Waals surface area contributed by atoms with Gasteiger partial charge in [-0.05, 0) is 38.0 Å². The highest BCUT2D eigenvalue weighted by atomic mass is 14.2. The lowest BCUT2D eigenvalue weighted by atomic mass is 9.88. The Bertz CT molecular complexity index is 167. The SMILES string of the molecule is [CH2]C[C@H](C)CC[C@@H](CCC=C)C(=C)C. The third-order valence-electron chi connectivity index (χ3n) is 2.92. The summed E-state index contributed by atoms with van der Waals surface area (Å²) in [6.07, 6.45) is 7.90. The topological polar surface area (TPSA) is 0 Å². The summed E-state index contributed by atoms with van der Waals surface area (Å²) in [6, 6.07) is 0. The first-order valence-electron chi connectivity index (χ1n) is 5.67. The molecule has 0 amide bonds. The summed E-state index contributed by atoms with van der Waals surface area (Å²) in [4.78, 5) is 0. The molecule has 0 aromatic carbocycles. The molecule has 0 heteroatoms. The Morgan fingerprint density at radius 1 is 1.29 bits per heavy atom. The third kappa shape index (κ3) is 6.01. The molecule has 0 fully saturated rings. The molecule has 14 heavy (non-hydrogen) atoms. The summed E-state index contributed by atoms with van der Waals surface area (Å²) in [5, 5.41) is 0. The highest BCUT2D eigenvalue weighted by Crippen LogP contribution is 2.24. The zero-order valence-corrected chi connectivity index (χ0v) is 9.89. The summed E-state index contributed by atoms with van der Waals surface area (Å²) in [5.74, 6) is 1.43. The molecule has 0 rings (SSSR count). The summed E-state index contributed by atoms with van der Waals surface area (Å²) in [5.41, 5.74) is 1.32. The van der Waals surface area contributed by atoms with Crippen LogP contribution in [-0.4, -0.2) is 0 Å². The van der Waals surface area contributed by atoms with E-state index in [0.717, 1.165) is 18.8 Å². The van der Waals surface area contributed by atoms with Gasteiger partial charge in [0.1, 0.15) is 0 Å². The van der Waals surface area contributed by atoms with Crippen LogP contribution in [0.3, 0.4) is 0 Å². The van der Waals surface area contributed by atoms with Gasteiger partial charge in [0.05, 0.1) is 0 Å². The minimum Gasteiger partial charge on any atom is -0.103 e. The van der Waals surface area contributed by atoms with Crippen molar-refractivity contribution in [3.63, 3.8) is 0 Å². The Balaban J connectivity index is 3.84. The molecule has 81 valence electrons. The molecule has 0 saturated carbocycles. The molecule has 0 aliphatic carbocycles. The molecule has 0 unspecified atom stereocenters. The fourth-order valence-electron chi connectivity index (χ4n) is 1.59. The summed E-state index contributed by atoms with van der Waals surface area (Å²) < 4.78 is 0. The van der Waals surface area contributed by atoms with Gasteiger partial charge < -0.3 is 0 Å². The lowest BCUT2D eigenvalue weighted by Crippen LogP contribution is -2.04. The van der Waals surface area contributed by atoms with Gasteiger partial charge >= 0.3 is 0 Å². The van der Waals surface area contributed by atoms with Gasteiger partial charge in [-0.1, -0.05) is 44.9 Å². The molecule has 0 aliphatic rings. The van der Waals surface area contributed by atoms with Crippen molar-refractivity contribution in [3.8, 4) is 0 Å². The molecule has 0 saturated heterocycles. The minimum atomic E-state index is 0.682. The van der Waals surface area contributed by atoms with Crippen LogP contribution in [0.5, 0.6) is 0 Å². The van der Waals surface area contributed by atoms with Crippen LogP contribution in [0.4, 0.5) is 0 Å². The molecule has 0 nitrogen and oxygen atoms in total. The zero-order chi connectivity index (χ0) is 11.0. The van der Waals surface area contributed by atoms with Crippen LogP contribution in [0.25, 0.3) is 0 Å². The van der Waals surface area contributed by atoms with Crippen LogP contribution >= 0.6 is 0 Å². The first kappa shape index (κ1) is 13.5. The second-order valence-corrected chi connectivity index (χ2v) is 4.38. The van der Waals surface area contributed by atoms with Gasteiger partial charge in [0.25, 0.3) is 0 Å². The number of hydrogen-bond acceptors (Lipinski definition) is 0. The van der Waals surface area contributed by atoms with E-state index in [1.54, 1.807) is 0 Å². The minimum absolute atomic E-state index is 0.682. The number of hydrogen-bond donors (Lipinski definition) is 0. The average Bonchev–Trinajstić information content (AvgIpc) is 2.16. The van der Waals surface area contributed by atoms with Crippen molar-refractivity contribution in [3.05, 3.63) is 31.7 Å². The van der Waals surface area contributed by atoms with E-state index in [4.69, 9.17) is 0 Å². The van der Waals surface area contributed by atoms with E-state index in [9.17, 15) is 0 Å². The fraction of sp³-hybridized carbons (Fsp3) is 0.643. The van der Waals surface area contributed by atoms with E-state index in [2.05, 4.69) is 33.9 Å². The number of rotatable bonds is 8. The smallest absolute Gasteiger partial charge is 0.0206 e. The van der Waals surface area contributed by atoms with Crippen molar-refractivity contribution in [2.45, 2.75) is 46.0 Å². The summed E-state index contributed by atoms with van der Waals surface area (Å²) in [7, 11) is 0. The fourth-order valence-corrected chi connectivity index (χ4v) is 1.59. The Morgan fingerprint density at radius 2 is 1.93 bits per heavy atom. The third-order valence-corrected chi connectivity index (χ3v) is 2.92. The second-order valence-electron chi connectivity index (χ2n) is 4.38. The first-order valence-corrected chi connectivity index (χ1v) is 5.67. The molecular weight excluding hydrogens is 168 g/mol. The largest absolute Gasteiger partial charge is 0.103 e. The lowest BCUT2D eigenvalue weighted by Gasteiger charge is -2.18. The molecule has 0 aromatic rings. The Labute approximate surface area is 90.1 Å². The lowest BCUT2D eigenvalue weighted by molar-refractivity contribution is 0.431. The maximum absolute atomic E-state index is 4.06. The van der Waals surface area contributed by atoms with Gasteiger partial charge in [-0.15, -0.1) is 6.58 Å². The van der Waals surface area contributed by atoms with Gasteiger partial charge in [0.15, 0.2) is 0 Å². The van der Waals surface area contributed by atoms with Crippen molar-refractivity contribution in [2.75, 3.05) is 0 Å². The quantitative estimate of drug-likeness (QED) is 0.486. The Kier molecular flexibility index (Phi) is 7.55. The van der Waals surface area contributed by atoms with Crippen LogP contribution in [0.2, 0.25) is 0 Å². The van der Waals surface area contributed by atoms with E-state index >= 15 is 0 Å². The number of allylic oxidation sites excluding steroid dienone is 2. The Hall–Kier alpha value is -0.520. The predicted molar refractivity (Wildman–Crippen MR) is 66.1 cm³/mol. The van der Waals surface area contributed by atoms with Crippen molar-refractivity contribution in [1.82, 2.24) is 0 Å². The monoisotopic (exact) mass is 193 g/mol. The molecule has 0 spiro atoms. The molecule has 1 radical (unpaired) electrons. The molecule has 0 aromatic heterocycles. The van der Waals surface area contributed by atoms with Gasteiger partial charge in [-0.25, -0.2) is 0 Å². The molecular formula is C14H25. The molecule has 0 bridgehead atoms. The van der Waals surface area contributed by atoms with Crippen LogP contribution in [-0.2, 0) is 0 Å². The maximum atomic E-state index is 4.06.